The topological polar surface area (TPSA) is 21.7 Å². The van der Waals surface area contributed by atoms with Gasteiger partial charge in [-0.15, -0.1) is 0 Å². The average Bonchev–Trinajstić information content (AvgIpc) is 2.27. The average molecular weight is 280 g/mol. The van der Waals surface area contributed by atoms with Crippen molar-refractivity contribution in [2.45, 2.75) is 32.0 Å². The van der Waals surface area contributed by atoms with Crippen LogP contribution >= 0.6 is 15.9 Å². The SMILES string of the molecule is COC(C)(C)CCN1CCOC(CBr)C1. The molecule has 0 radical (unpaired) electrons. The van der Waals surface area contributed by atoms with E-state index in [0.29, 0.717) is 6.10 Å². The quantitative estimate of drug-likeness (QED) is 0.718. The van der Waals surface area contributed by atoms with Crippen molar-refractivity contribution in [3.8, 4) is 0 Å². The Labute approximate surface area is 101 Å². The molecule has 1 unspecified atom stereocenters. The summed E-state index contributed by atoms with van der Waals surface area (Å²) in [5.74, 6) is 0. The molecule has 15 heavy (non-hydrogen) atoms. The Bertz CT molecular complexity index is 187. The number of nitrogens with zero attached hydrogens (tertiary/aromatic N) is 1. The molecule has 1 rings (SSSR count). The minimum absolute atomic E-state index is 0.0117. The summed E-state index contributed by atoms with van der Waals surface area (Å²) in [5.41, 5.74) is -0.0117. The van der Waals surface area contributed by atoms with Crippen LogP contribution in [-0.4, -0.2) is 55.3 Å². The van der Waals surface area contributed by atoms with E-state index in [-0.39, 0.29) is 5.60 Å². The van der Waals surface area contributed by atoms with Crippen molar-refractivity contribution in [1.29, 1.82) is 0 Å². The smallest absolute Gasteiger partial charge is 0.0799 e. The third-order valence-electron chi connectivity index (χ3n) is 2.98. The van der Waals surface area contributed by atoms with Crippen LogP contribution in [0.2, 0.25) is 0 Å². The Balaban J connectivity index is 2.26. The minimum Gasteiger partial charge on any atom is -0.379 e. The fourth-order valence-electron chi connectivity index (χ4n) is 1.61. The molecule has 1 fully saturated rings. The Hall–Kier alpha value is 0.360. The second-order valence-electron chi connectivity index (χ2n) is 4.66. The van der Waals surface area contributed by atoms with Crippen molar-refractivity contribution in [2.75, 3.05) is 38.7 Å². The van der Waals surface area contributed by atoms with E-state index in [0.717, 1.165) is 38.0 Å². The van der Waals surface area contributed by atoms with Crippen LogP contribution in [0.3, 0.4) is 0 Å². The highest BCUT2D eigenvalue weighted by Gasteiger charge is 2.22. The molecular weight excluding hydrogens is 258 g/mol. The zero-order chi connectivity index (χ0) is 11.3. The molecule has 1 saturated heterocycles. The zero-order valence-corrected chi connectivity index (χ0v) is 11.5. The van der Waals surface area contributed by atoms with Crippen LogP contribution < -0.4 is 0 Å². The maximum absolute atomic E-state index is 5.60. The van der Waals surface area contributed by atoms with Gasteiger partial charge in [0.1, 0.15) is 0 Å². The number of hydrogen-bond acceptors (Lipinski definition) is 3. The molecular formula is C11H22BrNO2. The molecule has 3 nitrogen and oxygen atoms in total. The van der Waals surface area contributed by atoms with Crippen LogP contribution in [0.25, 0.3) is 0 Å². The Morgan fingerprint density at radius 3 is 2.87 bits per heavy atom. The lowest BCUT2D eigenvalue weighted by Gasteiger charge is -2.34. The monoisotopic (exact) mass is 279 g/mol. The maximum atomic E-state index is 5.60. The third kappa shape index (κ3) is 4.81. The lowest BCUT2D eigenvalue weighted by molar-refractivity contribution is -0.0333. The molecule has 0 spiro atoms. The summed E-state index contributed by atoms with van der Waals surface area (Å²) in [7, 11) is 1.78. The highest BCUT2D eigenvalue weighted by atomic mass is 79.9. The van der Waals surface area contributed by atoms with Gasteiger partial charge in [-0.3, -0.25) is 4.90 Å². The maximum Gasteiger partial charge on any atom is 0.0799 e. The van der Waals surface area contributed by atoms with Gasteiger partial charge in [-0.1, -0.05) is 15.9 Å². The van der Waals surface area contributed by atoms with E-state index in [1.54, 1.807) is 7.11 Å². The summed E-state index contributed by atoms with van der Waals surface area (Å²) in [6.45, 7) is 8.29. The number of morpholine rings is 1. The highest BCUT2D eigenvalue weighted by molar-refractivity contribution is 9.09. The molecule has 1 atom stereocenters. The first-order valence-corrected chi connectivity index (χ1v) is 6.64. The van der Waals surface area contributed by atoms with E-state index in [1.807, 2.05) is 0 Å². The number of hydrogen-bond donors (Lipinski definition) is 0. The van der Waals surface area contributed by atoms with E-state index in [9.17, 15) is 0 Å². The summed E-state index contributed by atoms with van der Waals surface area (Å²) < 4.78 is 11.0. The van der Waals surface area contributed by atoms with Gasteiger partial charge in [0.2, 0.25) is 0 Å². The van der Waals surface area contributed by atoms with Crippen molar-refractivity contribution in [3.63, 3.8) is 0 Å². The number of rotatable bonds is 5. The molecule has 0 aromatic carbocycles. The molecule has 0 bridgehead atoms. The fraction of sp³-hybridized carbons (Fsp3) is 1.00. The van der Waals surface area contributed by atoms with Crippen molar-refractivity contribution >= 4 is 15.9 Å². The number of alkyl halides is 1. The van der Waals surface area contributed by atoms with Crippen LogP contribution in [0.5, 0.6) is 0 Å². The van der Waals surface area contributed by atoms with Gasteiger partial charge < -0.3 is 9.47 Å². The molecule has 90 valence electrons. The predicted octanol–water partition coefficient (Wildman–Crippen LogP) is 1.90. The normalized spacial score (nSPS) is 24.4. The molecule has 1 aliphatic heterocycles. The molecule has 0 aromatic heterocycles. The van der Waals surface area contributed by atoms with E-state index in [4.69, 9.17) is 9.47 Å². The highest BCUT2D eigenvalue weighted by Crippen LogP contribution is 2.15. The predicted molar refractivity (Wildman–Crippen MR) is 65.7 cm³/mol. The number of methoxy groups -OCH3 is 1. The first-order chi connectivity index (χ1) is 7.07. The summed E-state index contributed by atoms with van der Waals surface area (Å²) >= 11 is 3.47. The van der Waals surface area contributed by atoms with Crippen LogP contribution in [-0.2, 0) is 9.47 Å². The number of ether oxygens (including phenoxy) is 2. The van der Waals surface area contributed by atoms with Gasteiger partial charge in [0.15, 0.2) is 0 Å². The summed E-state index contributed by atoms with van der Waals surface area (Å²) in [4.78, 5) is 2.45. The van der Waals surface area contributed by atoms with Gasteiger partial charge in [0, 0.05) is 32.1 Å². The number of halogens is 1. The largest absolute Gasteiger partial charge is 0.379 e. The Kier molecular flexibility index (Phi) is 5.53. The lowest BCUT2D eigenvalue weighted by atomic mass is 10.0. The fourth-order valence-corrected chi connectivity index (χ4v) is 2.00. The van der Waals surface area contributed by atoms with Gasteiger partial charge in [-0.2, -0.15) is 0 Å². The molecule has 0 aromatic rings. The Morgan fingerprint density at radius 1 is 1.53 bits per heavy atom. The van der Waals surface area contributed by atoms with Crippen LogP contribution in [0.4, 0.5) is 0 Å². The second-order valence-corrected chi connectivity index (χ2v) is 5.31. The van der Waals surface area contributed by atoms with Crippen LogP contribution in [0.15, 0.2) is 0 Å². The Morgan fingerprint density at radius 2 is 2.27 bits per heavy atom. The van der Waals surface area contributed by atoms with E-state index >= 15 is 0 Å². The molecule has 0 N–H and O–H groups in total. The van der Waals surface area contributed by atoms with Gasteiger partial charge in [-0.25, -0.2) is 0 Å². The van der Waals surface area contributed by atoms with Crippen molar-refractivity contribution in [1.82, 2.24) is 4.90 Å². The van der Waals surface area contributed by atoms with E-state index < -0.39 is 0 Å². The van der Waals surface area contributed by atoms with Crippen LogP contribution in [0, 0.1) is 0 Å². The molecule has 4 heteroatoms. The van der Waals surface area contributed by atoms with E-state index in [2.05, 4.69) is 34.7 Å². The standard InChI is InChI=1S/C11H22BrNO2/c1-11(2,14-3)4-5-13-6-7-15-10(8-12)9-13/h10H,4-9H2,1-3H3. The van der Waals surface area contributed by atoms with Gasteiger partial charge in [0.05, 0.1) is 18.3 Å². The zero-order valence-electron chi connectivity index (χ0n) is 9.96. The summed E-state index contributed by atoms with van der Waals surface area (Å²) in [6, 6.07) is 0. The van der Waals surface area contributed by atoms with Gasteiger partial charge in [0.25, 0.3) is 0 Å². The first kappa shape index (κ1) is 13.4. The van der Waals surface area contributed by atoms with Gasteiger partial charge >= 0.3 is 0 Å². The van der Waals surface area contributed by atoms with Crippen molar-refractivity contribution in [3.05, 3.63) is 0 Å². The minimum atomic E-state index is -0.0117. The third-order valence-corrected chi connectivity index (χ3v) is 3.70. The van der Waals surface area contributed by atoms with Crippen molar-refractivity contribution in [2.24, 2.45) is 0 Å². The molecule has 0 amide bonds. The molecule has 1 heterocycles. The second kappa shape index (κ2) is 6.18. The van der Waals surface area contributed by atoms with Crippen molar-refractivity contribution < 1.29 is 9.47 Å². The summed E-state index contributed by atoms with van der Waals surface area (Å²) in [6.07, 6.45) is 1.42. The van der Waals surface area contributed by atoms with Crippen LogP contribution in [0.1, 0.15) is 20.3 Å². The lowest BCUT2D eigenvalue weighted by Crippen LogP contribution is -2.45. The molecule has 0 aliphatic carbocycles. The first-order valence-electron chi connectivity index (χ1n) is 5.52. The molecule has 0 saturated carbocycles. The molecule has 1 aliphatic rings. The summed E-state index contributed by atoms with van der Waals surface area (Å²) in [5, 5.41) is 0.928. The van der Waals surface area contributed by atoms with E-state index in [1.165, 1.54) is 0 Å². The van der Waals surface area contributed by atoms with Gasteiger partial charge in [-0.05, 0) is 20.3 Å².